The van der Waals surface area contributed by atoms with Crippen LogP contribution in [-0.4, -0.2) is 46.8 Å². The summed E-state index contributed by atoms with van der Waals surface area (Å²) in [6.45, 7) is 3.58. The predicted octanol–water partition coefficient (Wildman–Crippen LogP) is 3.21. The first kappa shape index (κ1) is 17.9. The summed E-state index contributed by atoms with van der Waals surface area (Å²) in [6.07, 6.45) is 6.93. The summed E-state index contributed by atoms with van der Waals surface area (Å²) in [5, 5.41) is 11.1. The molecule has 6 nitrogen and oxygen atoms in total. The molecule has 1 heterocycles. The average Bonchev–Trinajstić information content (AvgIpc) is 3.14. The summed E-state index contributed by atoms with van der Waals surface area (Å²) < 4.78 is 0. The Labute approximate surface area is 148 Å². The number of benzene rings is 1. The van der Waals surface area contributed by atoms with E-state index in [9.17, 15) is 14.9 Å². The van der Waals surface area contributed by atoms with Gasteiger partial charge in [-0.1, -0.05) is 43.9 Å². The lowest BCUT2D eigenvalue weighted by molar-refractivity contribution is -0.385. The van der Waals surface area contributed by atoms with Crippen molar-refractivity contribution in [3.05, 3.63) is 39.9 Å². The molecule has 1 saturated carbocycles. The molecule has 0 aromatic heterocycles. The Morgan fingerprint density at radius 2 is 1.80 bits per heavy atom. The van der Waals surface area contributed by atoms with Crippen LogP contribution in [0.15, 0.2) is 24.3 Å². The maximum atomic E-state index is 12.4. The highest BCUT2D eigenvalue weighted by molar-refractivity contribution is 5.76. The minimum absolute atomic E-state index is 0.178. The number of carbonyl (C=O) groups excluding carboxylic acids is 1. The minimum Gasteiger partial charge on any atom is -0.340 e. The van der Waals surface area contributed by atoms with Gasteiger partial charge in [-0.05, 0) is 12.3 Å². The third kappa shape index (κ3) is 4.78. The van der Waals surface area contributed by atoms with Gasteiger partial charge in [-0.2, -0.15) is 0 Å². The molecular weight excluding hydrogens is 318 g/mol. The Bertz CT molecular complexity index is 606. The minimum atomic E-state index is -0.321. The number of hydrogen-bond acceptors (Lipinski definition) is 4. The highest BCUT2D eigenvalue weighted by Gasteiger charge is 2.24. The molecule has 1 aromatic carbocycles. The van der Waals surface area contributed by atoms with Gasteiger partial charge in [0.25, 0.3) is 5.69 Å². The molecular formula is C19H27N3O3. The molecule has 1 saturated heterocycles. The third-order valence-corrected chi connectivity index (χ3v) is 5.55. The Kier molecular flexibility index (Phi) is 6.02. The number of rotatable bonds is 6. The highest BCUT2D eigenvalue weighted by atomic mass is 16.6. The number of carbonyl (C=O) groups is 1. The average molecular weight is 345 g/mol. The maximum absolute atomic E-state index is 12.4. The van der Waals surface area contributed by atoms with Crippen molar-refractivity contribution >= 4 is 11.6 Å². The van der Waals surface area contributed by atoms with E-state index < -0.39 is 0 Å². The van der Waals surface area contributed by atoms with Crippen molar-refractivity contribution in [1.29, 1.82) is 0 Å². The summed E-state index contributed by atoms with van der Waals surface area (Å²) in [4.78, 5) is 27.3. The number of amides is 1. The first-order valence-corrected chi connectivity index (χ1v) is 9.36. The molecule has 6 heteroatoms. The van der Waals surface area contributed by atoms with Crippen molar-refractivity contribution in [2.24, 2.45) is 5.92 Å². The van der Waals surface area contributed by atoms with E-state index in [2.05, 4.69) is 4.90 Å². The van der Waals surface area contributed by atoms with Gasteiger partial charge in [0.2, 0.25) is 5.91 Å². The van der Waals surface area contributed by atoms with Gasteiger partial charge in [0, 0.05) is 50.8 Å². The summed E-state index contributed by atoms with van der Waals surface area (Å²) >= 11 is 0. The second-order valence-corrected chi connectivity index (χ2v) is 7.23. The van der Waals surface area contributed by atoms with Crippen molar-refractivity contribution < 1.29 is 9.72 Å². The van der Waals surface area contributed by atoms with Crippen LogP contribution in [0.25, 0.3) is 0 Å². The van der Waals surface area contributed by atoms with Crippen LogP contribution in [0, 0.1) is 16.0 Å². The smallest absolute Gasteiger partial charge is 0.273 e. The van der Waals surface area contributed by atoms with Gasteiger partial charge < -0.3 is 4.90 Å². The molecule has 0 spiro atoms. The zero-order chi connectivity index (χ0) is 17.6. The molecule has 2 fully saturated rings. The Hall–Kier alpha value is -1.95. The fraction of sp³-hybridized carbons (Fsp3) is 0.632. The topological polar surface area (TPSA) is 66.7 Å². The van der Waals surface area contributed by atoms with Crippen molar-refractivity contribution in [3.8, 4) is 0 Å². The molecule has 2 aliphatic rings. The normalized spacial score (nSPS) is 19.3. The van der Waals surface area contributed by atoms with Crippen molar-refractivity contribution in [3.63, 3.8) is 0 Å². The molecule has 0 radical (unpaired) electrons. The summed E-state index contributed by atoms with van der Waals surface area (Å²) in [5.74, 6) is 1.03. The standard InChI is InChI=1S/C19H27N3O3/c23-19(10-9-16-5-1-2-6-16)21-13-11-20(12-14-21)15-17-7-3-4-8-18(17)22(24)25/h3-4,7-8,16H,1-2,5-6,9-15H2. The number of nitrogens with zero attached hydrogens (tertiary/aromatic N) is 3. The summed E-state index contributed by atoms with van der Waals surface area (Å²) in [7, 11) is 0. The van der Waals surface area contributed by atoms with Crippen molar-refractivity contribution in [2.75, 3.05) is 26.2 Å². The van der Waals surface area contributed by atoms with Crippen LogP contribution in [-0.2, 0) is 11.3 Å². The number of nitro benzene ring substituents is 1. The van der Waals surface area contributed by atoms with E-state index in [0.29, 0.717) is 13.0 Å². The maximum Gasteiger partial charge on any atom is 0.273 e. The Morgan fingerprint density at radius 3 is 2.48 bits per heavy atom. The van der Waals surface area contributed by atoms with Crippen LogP contribution in [0.3, 0.4) is 0 Å². The molecule has 136 valence electrons. The second-order valence-electron chi connectivity index (χ2n) is 7.23. The lowest BCUT2D eigenvalue weighted by Crippen LogP contribution is -2.48. The summed E-state index contributed by atoms with van der Waals surface area (Å²) in [6, 6.07) is 6.91. The molecule has 1 aliphatic carbocycles. The quantitative estimate of drug-likeness (QED) is 0.586. The number of piperazine rings is 1. The Balaban J connectivity index is 1.45. The van der Waals surface area contributed by atoms with E-state index in [0.717, 1.165) is 44.1 Å². The van der Waals surface area contributed by atoms with Gasteiger partial charge in [-0.15, -0.1) is 0 Å². The lowest BCUT2D eigenvalue weighted by atomic mass is 10.0. The van der Waals surface area contributed by atoms with Crippen LogP contribution in [0.4, 0.5) is 5.69 Å². The van der Waals surface area contributed by atoms with Gasteiger partial charge in [0.1, 0.15) is 0 Å². The fourth-order valence-electron chi connectivity index (χ4n) is 4.00. The predicted molar refractivity (Wildman–Crippen MR) is 96.1 cm³/mol. The fourth-order valence-corrected chi connectivity index (χ4v) is 4.00. The monoisotopic (exact) mass is 345 g/mol. The van der Waals surface area contributed by atoms with Gasteiger partial charge in [0.15, 0.2) is 0 Å². The van der Waals surface area contributed by atoms with Crippen LogP contribution in [0.1, 0.15) is 44.1 Å². The zero-order valence-electron chi connectivity index (χ0n) is 14.7. The number of para-hydroxylation sites is 1. The van der Waals surface area contributed by atoms with E-state index in [1.807, 2.05) is 17.0 Å². The van der Waals surface area contributed by atoms with Gasteiger partial charge >= 0.3 is 0 Å². The molecule has 1 aromatic rings. The van der Waals surface area contributed by atoms with E-state index in [1.165, 1.54) is 25.7 Å². The van der Waals surface area contributed by atoms with E-state index in [1.54, 1.807) is 12.1 Å². The number of hydrogen-bond donors (Lipinski definition) is 0. The van der Waals surface area contributed by atoms with Crippen molar-refractivity contribution in [2.45, 2.75) is 45.1 Å². The van der Waals surface area contributed by atoms with Crippen molar-refractivity contribution in [1.82, 2.24) is 9.80 Å². The molecule has 0 atom stereocenters. The zero-order valence-corrected chi connectivity index (χ0v) is 14.7. The second kappa shape index (κ2) is 8.43. The number of nitro groups is 1. The third-order valence-electron chi connectivity index (χ3n) is 5.55. The first-order chi connectivity index (χ1) is 12.1. The van der Waals surface area contributed by atoms with Gasteiger partial charge in [-0.25, -0.2) is 0 Å². The molecule has 0 unspecified atom stereocenters. The Morgan fingerprint density at radius 1 is 1.12 bits per heavy atom. The van der Waals surface area contributed by atoms with Crippen LogP contribution in [0.5, 0.6) is 0 Å². The van der Waals surface area contributed by atoms with Gasteiger partial charge in [-0.3, -0.25) is 19.8 Å². The molecule has 3 rings (SSSR count). The first-order valence-electron chi connectivity index (χ1n) is 9.36. The molecule has 0 bridgehead atoms. The van der Waals surface area contributed by atoms with E-state index in [4.69, 9.17) is 0 Å². The largest absolute Gasteiger partial charge is 0.340 e. The molecule has 1 amide bonds. The summed E-state index contributed by atoms with van der Waals surface area (Å²) in [5.41, 5.74) is 0.922. The molecule has 25 heavy (non-hydrogen) atoms. The SMILES string of the molecule is O=C(CCC1CCCC1)N1CCN(Cc2ccccc2[N+](=O)[O-])CC1. The molecule has 0 N–H and O–H groups in total. The molecule has 1 aliphatic heterocycles. The van der Waals surface area contributed by atoms with Crippen LogP contribution < -0.4 is 0 Å². The van der Waals surface area contributed by atoms with Crippen LogP contribution in [0.2, 0.25) is 0 Å². The van der Waals surface area contributed by atoms with E-state index in [-0.39, 0.29) is 16.5 Å². The van der Waals surface area contributed by atoms with E-state index >= 15 is 0 Å². The van der Waals surface area contributed by atoms with Gasteiger partial charge in [0.05, 0.1) is 4.92 Å². The highest BCUT2D eigenvalue weighted by Crippen LogP contribution is 2.28. The lowest BCUT2D eigenvalue weighted by Gasteiger charge is -2.35. The van der Waals surface area contributed by atoms with Crippen LogP contribution >= 0.6 is 0 Å².